The van der Waals surface area contributed by atoms with Crippen LogP contribution in [-0.4, -0.2) is 8.80 Å². The van der Waals surface area contributed by atoms with Gasteiger partial charge in [0.1, 0.15) is 0 Å². The lowest BCUT2D eigenvalue weighted by molar-refractivity contribution is 1.20. The summed E-state index contributed by atoms with van der Waals surface area (Å²) < 4.78 is 4.60. The first-order valence-corrected chi connectivity index (χ1v) is 9.55. The van der Waals surface area contributed by atoms with Gasteiger partial charge >= 0.3 is 0 Å². The van der Waals surface area contributed by atoms with Crippen molar-refractivity contribution in [3.05, 3.63) is 109 Å². The summed E-state index contributed by atoms with van der Waals surface area (Å²) in [5, 5.41) is 0. The Kier molecular flexibility index (Phi) is 3.20. The van der Waals surface area contributed by atoms with Gasteiger partial charge in [0.2, 0.25) is 0 Å². The Labute approximate surface area is 162 Å². The Bertz CT molecular complexity index is 1330. The molecule has 0 atom stereocenters. The number of fused-ring (bicyclic) bond motifs is 6. The number of benzene rings is 3. The quantitative estimate of drug-likeness (QED) is 0.326. The summed E-state index contributed by atoms with van der Waals surface area (Å²) in [6.45, 7) is 0. The lowest BCUT2D eigenvalue weighted by Gasteiger charge is -2.15. The highest BCUT2D eigenvalue weighted by Gasteiger charge is 2.14. The zero-order valence-electron chi connectivity index (χ0n) is 15.3. The number of hydrogen-bond acceptors (Lipinski definition) is 0. The molecule has 132 valence electrons. The molecule has 6 rings (SSSR count). The van der Waals surface area contributed by atoms with Crippen LogP contribution in [0.3, 0.4) is 0 Å². The Morgan fingerprint density at radius 2 is 0.821 bits per heavy atom. The Balaban J connectivity index is 1.82. The molecule has 3 aromatic heterocycles. The van der Waals surface area contributed by atoms with Crippen LogP contribution in [0.4, 0.5) is 0 Å². The highest BCUT2D eigenvalue weighted by Crippen LogP contribution is 2.36. The Morgan fingerprint density at radius 3 is 1.25 bits per heavy atom. The third-order valence-corrected chi connectivity index (χ3v) is 5.56. The SMILES string of the molecule is c1ccc(-c2cc3c(cc2-c2ccccc2)n2cccc2c2cccn23)cc1. The van der Waals surface area contributed by atoms with Crippen LogP contribution in [0.15, 0.2) is 109 Å². The zero-order valence-corrected chi connectivity index (χ0v) is 15.3. The number of hydrogen-bond donors (Lipinski definition) is 0. The van der Waals surface area contributed by atoms with E-state index in [0.717, 1.165) is 0 Å². The van der Waals surface area contributed by atoms with Gasteiger partial charge in [-0.15, -0.1) is 0 Å². The van der Waals surface area contributed by atoms with E-state index >= 15 is 0 Å². The molecule has 3 aromatic carbocycles. The molecule has 2 heteroatoms. The van der Waals surface area contributed by atoms with Gasteiger partial charge in [-0.3, -0.25) is 0 Å². The number of aromatic nitrogens is 2. The van der Waals surface area contributed by atoms with E-state index in [1.54, 1.807) is 0 Å². The van der Waals surface area contributed by atoms with E-state index < -0.39 is 0 Å². The van der Waals surface area contributed by atoms with Crippen molar-refractivity contribution in [1.82, 2.24) is 8.80 Å². The minimum atomic E-state index is 1.21. The second-order valence-electron chi connectivity index (χ2n) is 7.15. The fourth-order valence-corrected chi connectivity index (χ4v) is 4.28. The van der Waals surface area contributed by atoms with E-state index in [0.29, 0.717) is 0 Å². The van der Waals surface area contributed by atoms with Crippen molar-refractivity contribution in [3.8, 4) is 22.3 Å². The Hall–Kier alpha value is -3.78. The summed E-state index contributed by atoms with van der Waals surface area (Å²) >= 11 is 0. The molecule has 0 saturated carbocycles. The summed E-state index contributed by atoms with van der Waals surface area (Å²) in [5.74, 6) is 0. The fraction of sp³-hybridized carbons (Fsp3) is 0. The smallest absolute Gasteiger partial charge is 0.0704 e. The van der Waals surface area contributed by atoms with Crippen LogP contribution in [-0.2, 0) is 0 Å². The van der Waals surface area contributed by atoms with E-state index in [4.69, 9.17) is 0 Å². The van der Waals surface area contributed by atoms with Gasteiger partial charge in [-0.25, -0.2) is 0 Å². The monoisotopic (exact) mass is 358 g/mol. The van der Waals surface area contributed by atoms with Gasteiger partial charge in [-0.2, -0.15) is 0 Å². The van der Waals surface area contributed by atoms with Gasteiger partial charge < -0.3 is 8.80 Å². The van der Waals surface area contributed by atoms with Crippen molar-refractivity contribution < 1.29 is 0 Å². The first-order valence-electron chi connectivity index (χ1n) is 9.55. The molecule has 0 unspecified atom stereocenters. The highest BCUT2D eigenvalue weighted by atomic mass is 15.0. The number of nitrogens with zero attached hydrogens (tertiary/aromatic N) is 2. The van der Waals surface area contributed by atoms with Crippen LogP contribution in [0.25, 0.3) is 44.3 Å². The maximum absolute atomic E-state index is 2.33. The van der Waals surface area contributed by atoms with Crippen molar-refractivity contribution in [2.75, 3.05) is 0 Å². The molecule has 0 amide bonds. The second kappa shape index (κ2) is 5.86. The van der Waals surface area contributed by atoms with Crippen molar-refractivity contribution in [2.24, 2.45) is 0 Å². The first kappa shape index (κ1) is 15.3. The highest BCUT2D eigenvalue weighted by molar-refractivity contribution is 5.97. The molecule has 6 aromatic rings. The predicted molar refractivity (Wildman–Crippen MR) is 117 cm³/mol. The van der Waals surface area contributed by atoms with Crippen LogP contribution in [0.1, 0.15) is 0 Å². The van der Waals surface area contributed by atoms with Gasteiger partial charge in [0, 0.05) is 12.4 Å². The first-order chi connectivity index (χ1) is 13.9. The van der Waals surface area contributed by atoms with Crippen molar-refractivity contribution >= 4 is 22.1 Å². The van der Waals surface area contributed by atoms with Crippen LogP contribution in [0.5, 0.6) is 0 Å². The Morgan fingerprint density at radius 1 is 0.393 bits per heavy atom. The number of rotatable bonds is 2. The van der Waals surface area contributed by atoms with Crippen LogP contribution >= 0.6 is 0 Å². The maximum atomic E-state index is 2.33. The molecule has 0 bridgehead atoms. The summed E-state index contributed by atoms with van der Waals surface area (Å²) in [5.41, 5.74) is 9.84. The zero-order chi connectivity index (χ0) is 18.5. The summed E-state index contributed by atoms with van der Waals surface area (Å²) in [6.07, 6.45) is 4.31. The molecular weight excluding hydrogens is 340 g/mol. The topological polar surface area (TPSA) is 8.82 Å². The molecule has 0 fully saturated rings. The summed E-state index contributed by atoms with van der Waals surface area (Å²) in [4.78, 5) is 0. The molecule has 0 N–H and O–H groups in total. The molecule has 0 aliphatic rings. The van der Waals surface area contributed by atoms with E-state index in [-0.39, 0.29) is 0 Å². The summed E-state index contributed by atoms with van der Waals surface area (Å²) in [6, 6.07) is 34.6. The molecule has 28 heavy (non-hydrogen) atoms. The largest absolute Gasteiger partial charge is 0.313 e. The molecule has 0 spiro atoms. The standard InChI is InChI=1S/C26H18N2/c1-3-9-19(10-4-1)21-17-25-26(18-22(21)20-11-5-2-6-12-20)28-16-8-14-24(28)23-13-7-15-27(23)25/h1-18H. The molecular formula is C26H18N2. The van der Waals surface area contributed by atoms with Gasteiger partial charge in [0.15, 0.2) is 0 Å². The van der Waals surface area contributed by atoms with Crippen LogP contribution < -0.4 is 0 Å². The van der Waals surface area contributed by atoms with Crippen molar-refractivity contribution in [3.63, 3.8) is 0 Å². The third-order valence-electron chi connectivity index (χ3n) is 5.56. The molecule has 0 saturated heterocycles. The van der Waals surface area contributed by atoms with Gasteiger partial charge in [0.05, 0.1) is 22.1 Å². The maximum Gasteiger partial charge on any atom is 0.0704 e. The van der Waals surface area contributed by atoms with Crippen LogP contribution in [0, 0.1) is 0 Å². The lowest BCUT2D eigenvalue weighted by Crippen LogP contribution is -1.97. The fourth-order valence-electron chi connectivity index (χ4n) is 4.28. The average Bonchev–Trinajstić information content (AvgIpc) is 3.44. The molecule has 0 aliphatic carbocycles. The third kappa shape index (κ3) is 2.15. The van der Waals surface area contributed by atoms with Crippen molar-refractivity contribution in [2.45, 2.75) is 0 Å². The average molecular weight is 358 g/mol. The van der Waals surface area contributed by atoms with E-state index in [2.05, 4.69) is 118 Å². The summed E-state index contributed by atoms with van der Waals surface area (Å²) in [7, 11) is 0. The van der Waals surface area contributed by atoms with Gasteiger partial charge in [0.25, 0.3) is 0 Å². The van der Waals surface area contributed by atoms with E-state index in [1.807, 2.05) is 0 Å². The normalized spacial score (nSPS) is 11.6. The second-order valence-corrected chi connectivity index (χ2v) is 7.15. The van der Waals surface area contributed by atoms with Crippen LogP contribution in [0.2, 0.25) is 0 Å². The molecule has 3 heterocycles. The predicted octanol–water partition coefficient (Wildman–Crippen LogP) is 6.68. The van der Waals surface area contributed by atoms with Gasteiger partial charge in [-0.05, 0) is 58.7 Å². The minimum Gasteiger partial charge on any atom is -0.313 e. The van der Waals surface area contributed by atoms with Gasteiger partial charge in [-0.1, -0.05) is 60.7 Å². The van der Waals surface area contributed by atoms with E-state index in [9.17, 15) is 0 Å². The minimum absolute atomic E-state index is 1.21. The molecule has 0 aliphatic heterocycles. The molecule has 2 nitrogen and oxygen atoms in total. The van der Waals surface area contributed by atoms with E-state index in [1.165, 1.54) is 44.3 Å². The van der Waals surface area contributed by atoms with Crippen molar-refractivity contribution in [1.29, 1.82) is 0 Å². The molecule has 0 radical (unpaired) electrons. The lowest BCUT2D eigenvalue weighted by atomic mass is 9.93.